The Morgan fingerprint density at radius 2 is 1.84 bits per heavy atom. The van der Waals surface area contributed by atoms with Gasteiger partial charge in [-0.05, 0) is 48.7 Å². The van der Waals surface area contributed by atoms with E-state index in [2.05, 4.69) is 18.8 Å². The average molecular weight is 471 g/mol. The Morgan fingerprint density at radius 3 is 2.59 bits per heavy atom. The molecule has 32 heavy (non-hydrogen) atoms. The van der Waals surface area contributed by atoms with Gasteiger partial charge in [-0.1, -0.05) is 42.5 Å². The van der Waals surface area contributed by atoms with Crippen LogP contribution in [0.15, 0.2) is 71.6 Å². The Bertz CT molecular complexity index is 1370. The molecule has 0 bridgehead atoms. The maximum Gasteiger partial charge on any atom is 0.243 e. The molecule has 1 heterocycles. The maximum absolute atomic E-state index is 13.9. The maximum atomic E-state index is 13.9. The van der Waals surface area contributed by atoms with Gasteiger partial charge >= 0.3 is 0 Å². The van der Waals surface area contributed by atoms with Crippen LogP contribution in [-0.2, 0) is 21.2 Å². The molecule has 4 rings (SSSR count). The van der Waals surface area contributed by atoms with Crippen molar-refractivity contribution < 1.29 is 17.6 Å². The molecule has 164 valence electrons. The molecular weight excluding hydrogens is 451 g/mol. The number of hydrogen-bond acceptors (Lipinski definition) is 6. The van der Waals surface area contributed by atoms with E-state index < -0.39 is 27.8 Å². The van der Waals surface area contributed by atoms with Gasteiger partial charge in [0.1, 0.15) is 27.8 Å². The second-order valence-corrected chi connectivity index (χ2v) is 9.42. The van der Waals surface area contributed by atoms with Crippen molar-refractivity contribution in [2.75, 3.05) is 5.32 Å². The third kappa shape index (κ3) is 4.82. The standard InChI is InChI=1S/C22H19FN4O3S2/c1-14-10-11-16(13-17(14)23)24-22(28)19(12-15-6-3-2-4-7-15)27-32(29,30)20-9-5-8-18-21(20)26-31-25-18/h2-11,13,19,27H,12H2,1H3,(H,24,28)/t19-/m0/s1. The largest absolute Gasteiger partial charge is 0.325 e. The van der Waals surface area contributed by atoms with Crippen LogP contribution in [-0.4, -0.2) is 29.1 Å². The van der Waals surface area contributed by atoms with Crippen molar-refractivity contribution in [3.8, 4) is 0 Å². The lowest BCUT2D eigenvalue weighted by Gasteiger charge is -2.19. The summed E-state index contributed by atoms with van der Waals surface area (Å²) in [5, 5.41) is 2.60. The van der Waals surface area contributed by atoms with E-state index in [1.807, 2.05) is 6.07 Å². The minimum atomic E-state index is -4.11. The first-order valence-corrected chi connectivity index (χ1v) is 11.9. The number of benzene rings is 3. The van der Waals surface area contributed by atoms with E-state index in [9.17, 15) is 17.6 Å². The Kier molecular flexibility index (Phi) is 6.26. The van der Waals surface area contributed by atoms with E-state index in [0.717, 1.165) is 17.3 Å². The number of carbonyl (C=O) groups excluding carboxylic acids is 1. The van der Waals surface area contributed by atoms with Gasteiger partial charge in [0, 0.05) is 5.69 Å². The zero-order valence-corrected chi connectivity index (χ0v) is 18.6. The number of carbonyl (C=O) groups is 1. The number of aryl methyl sites for hydroxylation is 1. The molecule has 0 saturated heterocycles. The molecule has 0 unspecified atom stereocenters. The van der Waals surface area contributed by atoms with Crippen LogP contribution in [0.4, 0.5) is 10.1 Å². The molecule has 0 aliphatic rings. The van der Waals surface area contributed by atoms with Gasteiger partial charge in [0.25, 0.3) is 0 Å². The van der Waals surface area contributed by atoms with Crippen molar-refractivity contribution in [1.29, 1.82) is 0 Å². The Labute approximate surface area is 188 Å². The minimum Gasteiger partial charge on any atom is -0.325 e. The Hall–Kier alpha value is -3.21. The number of hydrogen-bond donors (Lipinski definition) is 2. The quantitative estimate of drug-likeness (QED) is 0.429. The van der Waals surface area contributed by atoms with Gasteiger partial charge in [0.05, 0.1) is 11.7 Å². The third-order valence-electron chi connectivity index (χ3n) is 4.87. The molecule has 0 fully saturated rings. The lowest BCUT2D eigenvalue weighted by atomic mass is 10.1. The number of nitrogens with zero attached hydrogens (tertiary/aromatic N) is 2. The minimum absolute atomic E-state index is 0.0593. The number of sulfonamides is 1. The lowest BCUT2D eigenvalue weighted by molar-refractivity contribution is -0.117. The van der Waals surface area contributed by atoms with Gasteiger partial charge in [-0.2, -0.15) is 13.5 Å². The summed E-state index contributed by atoms with van der Waals surface area (Å²) in [5.41, 5.74) is 2.14. The summed E-state index contributed by atoms with van der Waals surface area (Å²) in [6.45, 7) is 1.61. The Morgan fingerprint density at radius 1 is 1.06 bits per heavy atom. The van der Waals surface area contributed by atoms with Crippen molar-refractivity contribution in [2.45, 2.75) is 24.3 Å². The van der Waals surface area contributed by atoms with Gasteiger partial charge in [0.2, 0.25) is 15.9 Å². The molecule has 0 radical (unpaired) electrons. The summed E-state index contributed by atoms with van der Waals surface area (Å²) in [6.07, 6.45) is 0.103. The summed E-state index contributed by atoms with van der Waals surface area (Å²) >= 11 is 0.908. The number of rotatable bonds is 7. The van der Waals surface area contributed by atoms with Crippen LogP contribution in [0, 0.1) is 12.7 Å². The van der Waals surface area contributed by atoms with Crippen LogP contribution >= 0.6 is 11.7 Å². The van der Waals surface area contributed by atoms with Gasteiger partial charge in [-0.15, -0.1) is 0 Å². The van der Waals surface area contributed by atoms with Gasteiger partial charge in [-0.3, -0.25) is 4.79 Å². The van der Waals surface area contributed by atoms with E-state index >= 15 is 0 Å². The van der Waals surface area contributed by atoms with Crippen LogP contribution in [0.5, 0.6) is 0 Å². The van der Waals surface area contributed by atoms with Gasteiger partial charge in [-0.25, -0.2) is 12.8 Å². The first kappa shape index (κ1) is 22.0. The molecule has 4 aromatic rings. The first-order valence-electron chi connectivity index (χ1n) is 9.68. The van der Waals surface area contributed by atoms with Crippen LogP contribution in [0.1, 0.15) is 11.1 Å². The predicted molar refractivity (Wildman–Crippen MR) is 121 cm³/mol. The van der Waals surface area contributed by atoms with Crippen LogP contribution in [0.3, 0.4) is 0 Å². The third-order valence-corrected chi connectivity index (χ3v) is 6.92. The van der Waals surface area contributed by atoms with E-state index in [1.165, 1.54) is 18.2 Å². The molecule has 0 spiro atoms. The highest BCUT2D eigenvalue weighted by Gasteiger charge is 2.28. The number of anilines is 1. The molecule has 10 heteroatoms. The van der Waals surface area contributed by atoms with Gasteiger partial charge < -0.3 is 5.32 Å². The average Bonchev–Trinajstić information content (AvgIpc) is 3.25. The Balaban J connectivity index is 1.65. The van der Waals surface area contributed by atoms with E-state index in [-0.39, 0.29) is 22.5 Å². The number of nitrogens with one attached hydrogen (secondary N) is 2. The second kappa shape index (κ2) is 9.11. The van der Waals surface area contributed by atoms with Crippen molar-refractivity contribution in [2.24, 2.45) is 0 Å². The topological polar surface area (TPSA) is 101 Å². The number of halogens is 1. The highest BCUT2D eigenvalue weighted by atomic mass is 32.2. The SMILES string of the molecule is Cc1ccc(NC(=O)[C@H](Cc2ccccc2)NS(=O)(=O)c2cccc3nsnc23)cc1F. The van der Waals surface area contributed by atoms with Crippen molar-refractivity contribution in [3.05, 3.63) is 83.7 Å². The smallest absolute Gasteiger partial charge is 0.243 e. The van der Waals surface area contributed by atoms with E-state index in [4.69, 9.17) is 0 Å². The molecular formula is C22H19FN4O3S2. The zero-order valence-electron chi connectivity index (χ0n) is 16.9. The fraction of sp³-hybridized carbons (Fsp3) is 0.136. The molecule has 1 amide bonds. The zero-order chi connectivity index (χ0) is 22.7. The summed E-state index contributed by atoms with van der Waals surface area (Å²) in [4.78, 5) is 13.0. The van der Waals surface area contributed by atoms with Crippen molar-refractivity contribution >= 4 is 44.4 Å². The van der Waals surface area contributed by atoms with E-state index in [1.54, 1.807) is 49.4 Å². The summed E-state index contributed by atoms with van der Waals surface area (Å²) in [7, 11) is -4.11. The monoisotopic (exact) mass is 470 g/mol. The molecule has 1 aromatic heterocycles. The number of fused-ring (bicyclic) bond motifs is 1. The molecule has 1 atom stereocenters. The van der Waals surface area contributed by atoms with E-state index in [0.29, 0.717) is 11.1 Å². The number of amides is 1. The van der Waals surface area contributed by atoms with Crippen molar-refractivity contribution in [1.82, 2.24) is 13.5 Å². The van der Waals surface area contributed by atoms with Crippen molar-refractivity contribution in [3.63, 3.8) is 0 Å². The molecule has 0 aliphatic carbocycles. The summed E-state index contributed by atoms with van der Waals surface area (Å²) in [6, 6.07) is 16.8. The molecule has 0 aliphatic heterocycles. The highest BCUT2D eigenvalue weighted by molar-refractivity contribution is 7.89. The second-order valence-electron chi connectivity index (χ2n) is 7.20. The molecule has 2 N–H and O–H groups in total. The van der Waals surface area contributed by atoms with Crippen LogP contribution < -0.4 is 10.0 Å². The lowest BCUT2D eigenvalue weighted by Crippen LogP contribution is -2.45. The number of aromatic nitrogens is 2. The normalized spacial score (nSPS) is 12.6. The van der Waals surface area contributed by atoms with Crippen LogP contribution in [0.2, 0.25) is 0 Å². The van der Waals surface area contributed by atoms with Gasteiger partial charge in [0.15, 0.2) is 0 Å². The molecule has 3 aromatic carbocycles. The highest BCUT2D eigenvalue weighted by Crippen LogP contribution is 2.22. The first-order chi connectivity index (χ1) is 15.3. The fourth-order valence-corrected chi connectivity index (χ4v) is 5.15. The predicted octanol–water partition coefficient (Wildman–Crippen LogP) is 3.67. The fourth-order valence-electron chi connectivity index (χ4n) is 3.19. The molecule has 7 nitrogen and oxygen atoms in total. The van der Waals surface area contributed by atoms with Crippen LogP contribution in [0.25, 0.3) is 11.0 Å². The molecule has 0 saturated carbocycles. The summed E-state index contributed by atoms with van der Waals surface area (Å²) < 4.78 is 50.9. The summed E-state index contributed by atoms with van der Waals surface area (Å²) in [5.74, 6) is -1.07.